The molecule has 2 aromatic heterocycles. The number of carbonyl (C=O) groups is 2. The van der Waals surface area contributed by atoms with Crippen LogP contribution in [0.3, 0.4) is 0 Å². The molecular weight excluding hydrogens is 490 g/mol. The highest BCUT2D eigenvalue weighted by atomic mass is 35.5. The number of hydrogen-bond donors (Lipinski definition) is 2. The van der Waals surface area contributed by atoms with E-state index in [9.17, 15) is 9.59 Å². The number of fused-ring (bicyclic) bond motifs is 3. The van der Waals surface area contributed by atoms with Crippen LogP contribution in [0.2, 0.25) is 5.15 Å². The van der Waals surface area contributed by atoms with E-state index in [1.54, 1.807) is 6.20 Å². The monoisotopic (exact) mass is 513 g/mol. The summed E-state index contributed by atoms with van der Waals surface area (Å²) >= 11 is 7.15. The van der Waals surface area contributed by atoms with Crippen molar-refractivity contribution in [3.8, 4) is 0 Å². The lowest BCUT2D eigenvalue weighted by molar-refractivity contribution is -0.143. The maximum atomic E-state index is 13.3. The minimum absolute atomic E-state index is 0.108. The van der Waals surface area contributed by atoms with Crippen LogP contribution in [0.25, 0.3) is 33.0 Å². The van der Waals surface area contributed by atoms with E-state index in [0.717, 1.165) is 21.8 Å². The van der Waals surface area contributed by atoms with Crippen molar-refractivity contribution in [3.05, 3.63) is 83.2 Å². The molecule has 2 amide bonds. The number of carbonyl (C=O) groups excluding carboxylic acids is 2. The highest BCUT2D eigenvalue weighted by Crippen LogP contribution is 2.45. The van der Waals surface area contributed by atoms with E-state index < -0.39 is 17.6 Å². The van der Waals surface area contributed by atoms with Gasteiger partial charge in [0.2, 0.25) is 0 Å². The molecule has 186 valence electrons. The van der Waals surface area contributed by atoms with E-state index in [1.165, 1.54) is 0 Å². The third-order valence-corrected chi connectivity index (χ3v) is 7.81. The molecule has 2 N–H and O–H groups in total. The van der Waals surface area contributed by atoms with Crippen LogP contribution in [0.5, 0.6) is 0 Å². The predicted molar refractivity (Wildman–Crippen MR) is 142 cm³/mol. The lowest BCUT2D eigenvalue weighted by atomic mass is 9.95. The van der Waals surface area contributed by atoms with Gasteiger partial charge in [0, 0.05) is 40.0 Å². The molecule has 2 aromatic carbocycles. The molecular formula is C29H24ClN3O4. The molecule has 37 heavy (non-hydrogen) atoms. The second-order valence-corrected chi connectivity index (χ2v) is 10.5. The van der Waals surface area contributed by atoms with Crippen LogP contribution in [0.1, 0.15) is 37.4 Å². The van der Waals surface area contributed by atoms with Crippen molar-refractivity contribution in [3.63, 3.8) is 0 Å². The highest BCUT2D eigenvalue weighted by Gasteiger charge is 2.44. The first-order valence-electron chi connectivity index (χ1n) is 12.3. The summed E-state index contributed by atoms with van der Waals surface area (Å²) in [7, 11) is 0. The van der Waals surface area contributed by atoms with Crippen molar-refractivity contribution in [2.45, 2.75) is 44.3 Å². The number of nitrogens with one attached hydrogen (secondary N) is 2. The minimum atomic E-state index is -0.649. The Balaban J connectivity index is 1.44. The van der Waals surface area contributed by atoms with Gasteiger partial charge >= 0.3 is 0 Å². The molecule has 0 radical (unpaired) electrons. The van der Waals surface area contributed by atoms with Gasteiger partial charge in [-0.25, -0.2) is 0 Å². The number of ether oxygens (including phenoxy) is 2. The van der Waals surface area contributed by atoms with E-state index in [4.69, 9.17) is 21.1 Å². The first-order chi connectivity index (χ1) is 17.8. The Kier molecular flexibility index (Phi) is 4.83. The topological polar surface area (TPSA) is 85.4 Å². The maximum Gasteiger partial charge on any atom is 0.259 e. The van der Waals surface area contributed by atoms with Gasteiger partial charge in [0.1, 0.15) is 11.3 Å². The zero-order valence-corrected chi connectivity index (χ0v) is 21.0. The van der Waals surface area contributed by atoms with Gasteiger partial charge < -0.3 is 19.0 Å². The molecule has 3 atom stereocenters. The Morgan fingerprint density at radius 3 is 2.51 bits per heavy atom. The Morgan fingerprint density at radius 1 is 0.946 bits per heavy atom. The molecule has 0 bridgehead atoms. The van der Waals surface area contributed by atoms with Crippen LogP contribution < -0.4 is 5.32 Å². The fourth-order valence-corrected chi connectivity index (χ4v) is 6.39. The number of amides is 2. The largest absolute Gasteiger partial charge is 0.361 e. The molecule has 7 rings (SSSR count). The van der Waals surface area contributed by atoms with Gasteiger partial charge in [-0.05, 0) is 26.0 Å². The molecule has 7 nitrogen and oxygen atoms in total. The smallest absolute Gasteiger partial charge is 0.259 e. The van der Waals surface area contributed by atoms with E-state index in [0.29, 0.717) is 28.3 Å². The average Bonchev–Trinajstić information content (AvgIpc) is 3.57. The third kappa shape index (κ3) is 3.35. The zero-order chi connectivity index (χ0) is 25.5. The number of benzene rings is 2. The molecule has 4 aromatic rings. The summed E-state index contributed by atoms with van der Waals surface area (Å²) in [6, 6.07) is 15.4. The molecule has 8 heteroatoms. The number of aromatic amines is 1. The zero-order valence-electron chi connectivity index (χ0n) is 20.2. The van der Waals surface area contributed by atoms with E-state index in [2.05, 4.69) is 16.4 Å². The predicted octanol–water partition coefficient (Wildman–Crippen LogP) is 5.36. The summed E-state index contributed by atoms with van der Waals surface area (Å²) in [6.45, 7) is 3.83. The molecule has 4 heterocycles. The van der Waals surface area contributed by atoms with Gasteiger partial charge in [-0.15, -0.1) is 0 Å². The summed E-state index contributed by atoms with van der Waals surface area (Å²) in [5.41, 5.74) is 3.59. The number of aromatic nitrogens is 2. The number of hydrogen-bond acceptors (Lipinski definition) is 4. The SMILES string of the molecule is CC1(C)O[C@H]2C=C[C@@H](n3c(Cl)c(C4=C(c5c[nH]c6ccccc56)C(=O)NC4=O)c4ccccc43)C[C@H]2O1. The van der Waals surface area contributed by atoms with Crippen molar-refractivity contribution in [2.24, 2.45) is 0 Å². The van der Waals surface area contributed by atoms with Gasteiger partial charge in [-0.2, -0.15) is 0 Å². The van der Waals surface area contributed by atoms with Gasteiger partial charge in [0.25, 0.3) is 11.8 Å². The number of rotatable bonds is 3. The molecule has 1 saturated heterocycles. The van der Waals surface area contributed by atoms with Crippen LogP contribution in [-0.2, 0) is 19.1 Å². The van der Waals surface area contributed by atoms with Crippen LogP contribution in [-0.4, -0.2) is 39.4 Å². The molecule has 0 spiro atoms. The van der Waals surface area contributed by atoms with Crippen molar-refractivity contribution >= 4 is 56.4 Å². The van der Waals surface area contributed by atoms with Crippen LogP contribution in [0.4, 0.5) is 0 Å². The second kappa shape index (κ2) is 7.92. The van der Waals surface area contributed by atoms with E-state index in [1.807, 2.05) is 73.0 Å². The molecule has 0 saturated carbocycles. The van der Waals surface area contributed by atoms with Crippen molar-refractivity contribution in [2.75, 3.05) is 0 Å². The van der Waals surface area contributed by atoms with E-state index in [-0.39, 0.29) is 23.8 Å². The summed E-state index contributed by atoms with van der Waals surface area (Å²) in [5.74, 6) is -1.54. The van der Waals surface area contributed by atoms with Crippen LogP contribution >= 0.6 is 11.6 Å². The summed E-state index contributed by atoms with van der Waals surface area (Å²) in [4.78, 5) is 29.7. The van der Waals surface area contributed by atoms with Gasteiger partial charge in [-0.3, -0.25) is 14.9 Å². The molecule has 2 aliphatic heterocycles. The molecule has 0 unspecified atom stereocenters. The van der Waals surface area contributed by atoms with Crippen LogP contribution in [0, 0.1) is 0 Å². The quantitative estimate of drug-likeness (QED) is 0.285. The van der Waals surface area contributed by atoms with Gasteiger partial charge in [0.15, 0.2) is 5.79 Å². The fourth-order valence-electron chi connectivity index (χ4n) is 5.98. The molecule has 1 fully saturated rings. The lowest BCUT2D eigenvalue weighted by Crippen LogP contribution is -2.28. The summed E-state index contributed by atoms with van der Waals surface area (Å²) in [5, 5.41) is 4.58. The highest BCUT2D eigenvalue weighted by molar-refractivity contribution is 6.52. The minimum Gasteiger partial charge on any atom is -0.361 e. The maximum absolute atomic E-state index is 13.3. The van der Waals surface area contributed by atoms with E-state index >= 15 is 0 Å². The van der Waals surface area contributed by atoms with Gasteiger partial charge in [-0.1, -0.05) is 60.2 Å². The number of halogens is 1. The Labute approximate surface area is 217 Å². The summed E-state index contributed by atoms with van der Waals surface area (Å²) in [6.07, 6.45) is 6.34. The number of imide groups is 1. The normalized spacial score (nSPS) is 24.9. The van der Waals surface area contributed by atoms with Crippen molar-refractivity contribution < 1.29 is 19.1 Å². The molecule has 1 aliphatic carbocycles. The average molecular weight is 514 g/mol. The Bertz CT molecular complexity index is 1690. The Morgan fingerprint density at radius 2 is 1.68 bits per heavy atom. The lowest BCUT2D eigenvalue weighted by Gasteiger charge is -2.27. The van der Waals surface area contributed by atoms with Gasteiger partial charge in [0.05, 0.1) is 28.8 Å². The number of nitrogens with zero attached hydrogens (tertiary/aromatic N) is 1. The standard InChI is InChI=1S/C29H24ClN3O4/c1-29(2)36-21-12-11-15(13-22(21)37-29)33-20-10-6-4-8-17(20)23(26(33)30)25-24(27(34)32-28(25)35)18-14-31-19-9-5-3-7-16(18)19/h3-12,14-15,21-22,31H,13H2,1-2H3,(H,32,34,35)/t15-,21+,22-/m1/s1. The van der Waals surface area contributed by atoms with Crippen molar-refractivity contribution in [1.82, 2.24) is 14.9 Å². The first kappa shape index (κ1) is 22.5. The number of para-hydroxylation sites is 2. The molecule has 3 aliphatic rings. The van der Waals surface area contributed by atoms with Crippen LogP contribution in [0.15, 0.2) is 66.9 Å². The Hall–Kier alpha value is -3.65. The third-order valence-electron chi connectivity index (χ3n) is 7.44. The van der Waals surface area contributed by atoms with Crippen molar-refractivity contribution in [1.29, 1.82) is 0 Å². The number of H-pyrrole nitrogens is 1. The fraction of sp³-hybridized carbons (Fsp3) is 0.241. The number of allylic oxidation sites excluding steroid dienone is 1. The summed E-state index contributed by atoms with van der Waals surface area (Å²) < 4.78 is 14.2. The second-order valence-electron chi connectivity index (χ2n) is 10.2. The first-order valence-corrected chi connectivity index (χ1v) is 12.7.